The Hall–Kier alpha value is -3.10. The number of aliphatic hydroxyl groups is 1. The Bertz CT molecular complexity index is 1440. The van der Waals surface area contributed by atoms with Crippen molar-refractivity contribution in [1.82, 2.24) is 4.90 Å². The third kappa shape index (κ3) is 4.41. The van der Waals surface area contributed by atoms with Crippen LogP contribution in [-0.4, -0.2) is 69.1 Å². The molecule has 2 aromatic carbocycles. The zero-order valence-corrected chi connectivity index (χ0v) is 24.7. The van der Waals surface area contributed by atoms with Crippen molar-refractivity contribution in [2.75, 3.05) is 24.7 Å². The van der Waals surface area contributed by atoms with Crippen LogP contribution in [0.15, 0.2) is 66.8 Å². The Balaban J connectivity index is 1.51. The zero-order chi connectivity index (χ0) is 28.9. The van der Waals surface area contributed by atoms with Crippen molar-refractivity contribution in [1.29, 1.82) is 0 Å². The molecular weight excluding hydrogens is 536 g/mol. The topological polar surface area (TPSA) is 87.2 Å². The number of anilines is 1. The largest absolute Gasteiger partial charge is 0.465 e. The smallest absolute Gasteiger partial charge is 0.311 e. The molecule has 2 saturated heterocycles. The van der Waals surface area contributed by atoms with E-state index in [1.54, 1.807) is 9.80 Å². The quantitative estimate of drug-likeness (QED) is 0.420. The fraction of sp³-hybridized carbons (Fsp3) is 0.485. The highest BCUT2D eigenvalue weighted by molar-refractivity contribution is 8.02. The molecule has 1 spiro atoms. The van der Waals surface area contributed by atoms with Gasteiger partial charge in [-0.2, -0.15) is 0 Å². The first-order valence-electron chi connectivity index (χ1n) is 14.7. The number of ether oxygens (including phenoxy) is 1. The summed E-state index contributed by atoms with van der Waals surface area (Å²) in [6.45, 7) is 6.29. The first-order valence-corrected chi connectivity index (χ1v) is 15.5. The molecule has 2 amide bonds. The van der Waals surface area contributed by atoms with Gasteiger partial charge in [0.15, 0.2) is 0 Å². The Kier molecular flexibility index (Phi) is 7.27. The average Bonchev–Trinajstić information content (AvgIpc) is 3.28. The lowest BCUT2D eigenvalue weighted by Gasteiger charge is -2.41. The van der Waals surface area contributed by atoms with Crippen LogP contribution in [0.1, 0.15) is 40.0 Å². The number of hydrogen-bond acceptors (Lipinski definition) is 6. The van der Waals surface area contributed by atoms with E-state index in [-0.39, 0.29) is 30.3 Å². The lowest BCUT2D eigenvalue weighted by atomic mass is 9.74. The van der Waals surface area contributed by atoms with Gasteiger partial charge in [0.1, 0.15) is 6.04 Å². The van der Waals surface area contributed by atoms with Crippen LogP contribution in [0.3, 0.4) is 0 Å². The van der Waals surface area contributed by atoms with Crippen LogP contribution >= 0.6 is 11.8 Å². The predicted octanol–water partition coefficient (Wildman–Crippen LogP) is 4.73. The van der Waals surface area contributed by atoms with Gasteiger partial charge in [0.25, 0.3) is 5.91 Å². The van der Waals surface area contributed by atoms with E-state index in [0.29, 0.717) is 13.2 Å². The molecule has 7 nitrogen and oxygen atoms in total. The molecule has 0 saturated carbocycles. The summed E-state index contributed by atoms with van der Waals surface area (Å²) in [5.41, 5.74) is 0.754. The number of amides is 2. The molecule has 0 aliphatic carbocycles. The molecular formula is C33H38N2O5S. The maximum Gasteiger partial charge on any atom is 0.311 e. The zero-order valence-electron chi connectivity index (χ0n) is 23.9. The van der Waals surface area contributed by atoms with E-state index in [2.05, 4.69) is 12.2 Å². The van der Waals surface area contributed by atoms with Crippen LogP contribution in [0.4, 0.5) is 5.69 Å². The number of carbonyl (C=O) groups is 3. The van der Waals surface area contributed by atoms with Crippen molar-refractivity contribution in [3.8, 4) is 0 Å². The van der Waals surface area contributed by atoms with Crippen molar-refractivity contribution < 1.29 is 24.2 Å². The summed E-state index contributed by atoms with van der Waals surface area (Å²) in [7, 11) is 0. The second-order valence-electron chi connectivity index (χ2n) is 12.2. The van der Waals surface area contributed by atoms with E-state index >= 15 is 0 Å². The van der Waals surface area contributed by atoms with Crippen molar-refractivity contribution in [2.45, 2.75) is 61.6 Å². The summed E-state index contributed by atoms with van der Waals surface area (Å²) < 4.78 is 4.05. The van der Waals surface area contributed by atoms with Crippen LogP contribution in [0.2, 0.25) is 0 Å². The minimum Gasteiger partial charge on any atom is -0.465 e. The Labute approximate surface area is 245 Å². The van der Waals surface area contributed by atoms with E-state index in [9.17, 15) is 19.5 Å². The van der Waals surface area contributed by atoms with Gasteiger partial charge in [0, 0.05) is 17.0 Å². The Morgan fingerprint density at radius 1 is 1.00 bits per heavy atom. The van der Waals surface area contributed by atoms with Crippen LogP contribution in [0, 0.1) is 17.8 Å². The summed E-state index contributed by atoms with van der Waals surface area (Å²) in [6, 6.07) is 12.5. The number of esters is 1. The minimum atomic E-state index is -0.987. The number of fused-ring (bicyclic) bond motifs is 3. The molecule has 216 valence electrons. The molecule has 4 heterocycles. The third-order valence-electron chi connectivity index (χ3n) is 9.30. The van der Waals surface area contributed by atoms with Gasteiger partial charge in [-0.25, -0.2) is 0 Å². The van der Waals surface area contributed by atoms with E-state index < -0.39 is 33.4 Å². The summed E-state index contributed by atoms with van der Waals surface area (Å²) in [5.74, 6) is -2.48. The second kappa shape index (κ2) is 10.6. The Morgan fingerprint density at radius 2 is 1.78 bits per heavy atom. The molecule has 0 aromatic heterocycles. The van der Waals surface area contributed by atoms with Gasteiger partial charge in [0.2, 0.25) is 5.91 Å². The average molecular weight is 575 g/mol. The first kappa shape index (κ1) is 28.0. The number of likely N-dealkylation sites (tertiary alicyclic amines) is 1. The molecule has 2 fully saturated rings. The van der Waals surface area contributed by atoms with E-state index in [0.717, 1.165) is 35.7 Å². The molecule has 41 heavy (non-hydrogen) atoms. The summed E-state index contributed by atoms with van der Waals surface area (Å²) >= 11 is 1.54. The SMILES string of the molecule is CC(C)[C@H](CO)N1C(=O)[C@@H]2[C@@H]3C(=O)OCCCC/C=C\[C@]3(C)S[C@@]23C=CCN(c2ccc4ccccc4c2)C(=O)C13. The van der Waals surface area contributed by atoms with Crippen molar-refractivity contribution in [2.24, 2.45) is 17.8 Å². The van der Waals surface area contributed by atoms with Crippen molar-refractivity contribution in [3.05, 3.63) is 66.8 Å². The van der Waals surface area contributed by atoms with Crippen LogP contribution < -0.4 is 4.90 Å². The summed E-state index contributed by atoms with van der Waals surface area (Å²) in [5, 5.41) is 12.6. The molecule has 0 radical (unpaired) electrons. The summed E-state index contributed by atoms with van der Waals surface area (Å²) in [4.78, 5) is 46.5. The van der Waals surface area contributed by atoms with Gasteiger partial charge < -0.3 is 19.6 Å². The number of allylic oxidation sites excluding steroid dienone is 1. The highest BCUT2D eigenvalue weighted by Crippen LogP contribution is 2.65. The molecule has 2 aromatic rings. The first-order chi connectivity index (χ1) is 19.7. The second-order valence-corrected chi connectivity index (χ2v) is 14.0. The van der Waals surface area contributed by atoms with Crippen molar-refractivity contribution in [3.63, 3.8) is 0 Å². The molecule has 1 N–H and O–H groups in total. The maximum absolute atomic E-state index is 14.8. The van der Waals surface area contributed by atoms with E-state index in [4.69, 9.17) is 4.74 Å². The minimum absolute atomic E-state index is 0.0961. The van der Waals surface area contributed by atoms with E-state index in [1.165, 1.54) is 11.8 Å². The number of carbonyl (C=O) groups excluding carboxylic acids is 3. The standard InChI is InChI=1S/C33H38N2O5S/c1-21(2)25(20-36)35-28-30(38)34(24-14-13-22-11-6-7-12-23(22)19-24)17-10-16-33(28)26(29(35)37)27-31(39)40-18-9-5-4-8-15-32(27,3)41-33/h6-8,10-16,19,21,25-28,36H,4-5,9,17-18,20H2,1-3H3/b15-8-/t25-,26-,27+,28?,32-,33-/m0/s1. The summed E-state index contributed by atoms with van der Waals surface area (Å²) in [6.07, 6.45) is 10.7. The van der Waals surface area contributed by atoms with Gasteiger partial charge >= 0.3 is 5.97 Å². The normalized spacial score (nSPS) is 33.3. The highest BCUT2D eigenvalue weighted by Gasteiger charge is 2.74. The van der Waals surface area contributed by atoms with Gasteiger partial charge in [-0.05, 0) is 55.0 Å². The molecule has 8 heteroatoms. The monoisotopic (exact) mass is 574 g/mol. The predicted molar refractivity (Wildman–Crippen MR) is 161 cm³/mol. The number of hydrogen-bond donors (Lipinski definition) is 1. The van der Waals surface area contributed by atoms with Crippen LogP contribution in [0.25, 0.3) is 10.8 Å². The molecule has 6 atom stereocenters. The van der Waals surface area contributed by atoms with E-state index in [1.807, 2.05) is 75.4 Å². The number of cyclic esters (lactones) is 1. The fourth-order valence-corrected chi connectivity index (χ4v) is 9.43. The number of nitrogens with zero attached hydrogens (tertiary/aromatic N) is 2. The molecule has 0 bridgehead atoms. The molecule has 6 rings (SSSR count). The third-order valence-corrected chi connectivity index (χ3v) is 11.1. The maximum atomic E-state index is 14.8. The molecule has 4 aliphatic heterocycles. The highest BCUT2D eigenvalue weighted by atomic mass is 32.2. The number of benzene rings is 2. The van der Waals surface area contributed by atoms with Gasteiger partial charge in [-0.15, -0.1) is 11.8 Å². The van der Waals surface area contributed by atoms with Crippen molar-refractivity contribution >= 4 is 46.0 Å². The number of thioether (sulfide) groups is 1. The van der Waals surface area contributed by atoms with Crippen LogP contribution in [-0.2, 0) is 19.1 Å². The van der Waals surface area contributed by atoms with Gasteiger partial charge in [-0.1, -0.05) is 68.5 Å². The molecule has 4 aliphatic rings. The van der Waals surface area contributed by atoms with Gasteiger partial charge in [0.05, 0.1) is 35.8 Å². The van der Waals surface area contributed by atoms with Gasteiger partial charge in [-0.3, -0.25) is 14.4 Å². The number of rotatable bonds is 4. The number of aliphatic hydroxyl groups excluding tert-OH is 1. The molecule has 1 unspecified atom stereocenters. The Morgan fingerprint density at radius 3 is 2.54 bits per heavy atom. The lowest BCUT2D eigenvalue weighted by Crippen LogP contribution is -2.58. The lowest BCUT2D eigenvalue weighted by molar-refractivity contribution is -0.155. The fourth-order valence-electron chi connectivity index (χ4n) is 7.29. The van der Waals surface area contributed by atoms with Crippen LogP contribution in [0.5, 0.6) is 0 Å².